The van der Waals surface area contributed by atoms with Crippen LogP contribution in [0.5, 0.6) is 5.75 Å². The number of phenols is 1. The molecule has 0 aliphatic carbocycles. The number of carbonyl (C=O) groups excluding carboxylic acids is 1. The van der Waals surface area contributed by atoms with Gasteiger partial charge in [0.1, 0.15) is 5.75 Å². The van der Waals surface area contributed by atoms with E-state index < -0.39 is 0 Å². The molecule has 0 radical (unpaired) electrons. The minimum absolute atomic E-state index is 0.0103. The Morgan fingerprint density at radius 3 is 2.61 bits per heavy atom. The van der Waals surface area contributed by atoms with Crippen molar-refractivity contribution in [3.05, 3.63) is 29.3 Å². The molecule has 3 N–H and O–H groups in total. The van der Waals surface area contributed by atoms with Crippen molar-refractivity contribution in [3.8, 4) is 5.75 Å². The van der Waals surface area contributed by atoms with Gasteiger partial charge in [-0.3, -0.25) is 4.79 Å². The predicted octanol–water partition coefficient (Wildman–Crippen LogP) is 1.84. The van der Waals surface area contributed by atoms with Crippen molar-refractivity contribution in [2.24, 2.45) is 5.73 Å². The molecule has 0 saturated carbocycles. The molecule has 0 spiro atoms. The van der Waals surface area contributed by atoms with Gasteiger partial charge in [-0.05, 0) is 32.4 Å². The average molecular weight is 266 g/mol. The van der Waals surface area contributed by atoms with E-state index in [4.69, 9.17) is 18.0 Å². The SMILES string of the molecule is Cc1cccc(C(=O)N(CC(N)=S)C(C)C)c1O. The number of aromatic hydroxyl groups is 1. The highest BCUT2D eigenvalue weighted by Gasteiger charge is 2.22. The molecule has 0 atom stereocenters. The number of rotatable bonds is 4. The second-order valence-electron chi connectivity index (χ2n) is 4.46. The quantitative estimate of drug-likeness (QED) is 0.816. The Kier molecular flexibility index (Phi) is 4.67. The summed E-state index contributed by atoms with van der Waals surface area (Å²) >= 11 is 4.84. The molecule has 0 saturated heterocycles. The minimum atomic E-state index is -0.265. The third-order valence-electron chi connectivity index (χ3n) is 2.68. The highest BCUT2D eigenvalue weighted by molar-refractivity contribution is 7.80. The van der Waals surface area contributed by atoms with Crippen LogP contribution in [0.15, 0.2) is 18.2 Å². The number of amides is 1. The third kappa shape index (κ3) is 3.20. The Morgan fingerprint density at radius 2 is 2.11 bits per heavy atom. The Hall–Kier alpha value is -1.62. The van der Waals surface area contributed by atoms with Crippen LogP contribution in [0.4, 0.5) is 0 Å². The van der Waals surface area contributed by atoms with E-state index in [1.54, 1.807) is 25.1 Å². The zero-order chi connectivity index (χ0) is 13.9. The number of carbonyl (C=O) groups is 1. The Labute approximate surface area is 112 Å². The number of hydrogen-bond acceptors (Lipinski definition) is 3. The van der Waals surface area contributed by atoms with Crippen molar-refractivity contribution in [3.63, 3.8) is 0 Å². The van der Waals surface area contributed by atoms with Crippen LogP contribution in [0.2, 0.25) is 0 Å². The first-order valence-electron chi connectivity index (χ1n) is 5.72. The van der Waals surface area contributed by atoms with Crippen LogP contribution in [0.25, 0.3) is 0 Å². The first-order valence-corrected chi connectivity index (χ1v) is 6.13. The molecule has 18 heavy (non-hydrogen) atoms. The van der Waals surface area contributed by atoms with Crippen LogP contribution in [0.1, 0.15) is 29.8 Å². The van der Waals surface area contributed by atoms with Gasteiger partial charge < -0.3 is 15.7 Å². The molecule has 1 aromatic rings. The number of aryl methyl sites for hydroxylation is 1. The number of nitrogens with two attached hydrogens (primary N) is 1. The number of para-hydroxylation sites is 1. The van der Waals surface area contributed by atoms with Crippen LogP contribution in [0.3, 0.4) is 0 Å². The summed E-state index contributed by atoms with van der Waals surface area (Å²) in [6.45, 7) is 5.71. The van der Waals surface area contributed by atoms with E-state index >= 15 is 0 Å². The summed E-state index contributed by atoms with van der Waals surface area (Å²) in [6, 6.07) is 5.04. The van der Waals surface area contributed by atoms with Gasteiger partial charge in [-0.15, -0.1) is 0 Å². The summed E-state index contributed by atoms with van der Waals surface area (Å²) in [5, 5.41) is 9.92. The molecule has 1 aromatic carbocycles. The summed E-state index contributed by atoms with van der Waals surface area (Å²) in [7, 11) is 0. The molecule has 5 heteroatoms. The van der Waals surface area contributed by atoms with Gasteiger partial charge in [-0.1, -0.05) is 24.4 Å². The lowest BCUT2D eigenvalue weighted by atomic mass is 10.1. The minimum Gasteiger partial charge on any atom is -0.507 e. The van der Waals surface area contributed by atoms with Gasteiger partial charge in [-0.25, -0.2) is 0 Å². The summed E-state index contributed by atoms with van der Waals surface area (Å²) in [6.07, 6.45) is 0. The van der Waals surface area contributed by atoms with Crippen molar-refractivity contribution >= 4 is 23.1 Å². The molecule has 0 bridgehead atoms. The zero-order valence-electron chi connectivity index (χ0n) is 10.8. The third-order valence-corrected chi connectivity index (χ3v) is 2.81. The normalized spacial score (nSPS) is 10.4. The van der Waals surface area contributed by atoms with Gasteiger partial charge in [0, 0.05) is 6.04 Å². The maximum absolute atomic E-state index is 12.3. The number of nitrogens with zero attached hydrogens (tertiary/aromatic N) is 1. The number of thiocarbonyl (C=S) groups is 1. The van der Waals surface area contributed by atoms with Gasteiger partial charge in [-0.2, -0.15) is 0 Å². The van der Waals surface area contributed by atoms with Gasteiger partial charge >= 0.3 is 0 Å². The van der Waals surface area contributed by atoms with Crippen molar-refractivity contribution < 1.29 is 9.90 Å². The first kappa shape index (κ1) is 14.4. The molecule has 0 aliphatic heterocycles. The Morgan fingerprint density at radius 1 is 1.50 bits per heavy atom. The molecule has 98 valence electrons. The lowest BCUT2D eigenvalue weighted by Gasteiger charge is -2.26. The summed E-state index contributed by atoms with van der Waals surface area (Å²) in [4.78, 5) is 14.1. The van der Waals surface area contributed by atoms with Crippen LogP contribution < -0.4 is 5.73 Å². The summed E-state index contributed by atoms with van der Waals surface area (Å²) in [5.74, 6) is -0.255. The maximum atomic E-state index is 12.3. The monoisotopic (exact) mass is 266 g/mol. The number of phenolic OH excluding ortho intramolecular Hbond substituents is 1. The van der Waals surface area contributed by atoms with Crippen molar-refractivity contribution in [1.29, 1.82) is 0 Å². The van der Waals surface area contributed by atoms with Crippen LogP contribution in [-0.2, 0) is 0 Å². The molecule has 1 amide bonds. The fraction of sp³-hybridized carbons (Fsp3) is 0.385. The van der Waals surface area contributed by atoms with E-state index in [0.29, 0.717) is 5.56 Å². The largest absolute Gasteiger partial charge is 0.507 e. The fourth-order valence-electron chi connectivity index (χ4n) is 1.64. The molecule has 0 aliphatic rings. The highest BCUT2D eigenvalue weighted by atomic mass is 32.1. The van der Waals surface area contributed by atoms with Crippen LogP contribution in [-0.4, -0.2) is 33.5 Å². The average Bonchev–Trinajstić information content (AvgIpc) is 2.28. The number of hydrogen-bond donors (Lipinski definition) is 2. The second kappa shape index (κ2) is 5.82. The molecule has 0 aromatic heterocycles. The summed E-state index contributed by atoms with van der Waals surface area (Å²) in [5.41, 5.74) is 6.43. The van der Waals surface area contributed by atoms with Gasteiger partial charge in [0.05, 0.1) is 17.1 Å². The van der Waals surface area contributed by atoms with Gasteiger partial charge in [0.15, 0.2) is 0 Å². The first-order chi connectivity index (χ1) is 8.34. The van der Waals surface area contributed by atoms with E-state index in [2.05, 4.69) is 0 Å². The van der Waals surface area contributed by atoms with Crippen LogP contribution >= 0.6 is 12.2 Å². The number of benzene rings is 1. The summed E-state index contributed by atoms with van der Waals surface area (Å²) < 4.78 is 0. The van der Waals surface area contributed by atoms with E-state index in [0.717, 1.165) is 0 Å². The van der Waals surface area contributed by atoms with E-state index in [1.807, 2.05) is 13.8 Å². The highest BCUT2D eigenvalue weighted by Crippen LogP contribution is 2.23. The van der Waals surface area contributed by atoms with Gasteiger partial charge in [0.25, 0.3) is 5.91 Å². The molecular formula is C13H18N2O2S. The molecule has 0 heterocycles. The Bertz CT molecular complexity index is 472. The molecule has 4 nitrogen and oxygen atoms in total. The van der Waals surface area contributed by atoms with Crippen molar-refractivity contribution in [2.45, 2.75) is 26.8 Å². The van der Waals surface area contributed by atoms with E-state index in [9.17, 15) is 9.90 Å². The van der Waals surface area contributed by atoms with Gasteiger partial charge in [0.2, 0.25) is 0 Å². The van der Waals surface area contributed by atoms with E-state index in [1.165, 1.54) is 4.90 Å². The standard InChI is InChI=1S/C13H18N2O2S/c1-8(2)15(7-11(14)18)13(17)10-6-4-5-9(3)12(10)16/h4-6,8,16H,7H2,1-3H3,(H2,14,18). The predicted molar refractivity (Wildman–Crippen MR) is 75.8 cm³/mol. The maximum Gasteiger partial charge on any atom is 0.258 e. The fourth-order valence-corrected chi connectivity index (χ4v) is 1.78. The zero-order valence-corrected chi connectivity index (χ0v) is 11.6. The molecule has 1 rings (SSSR count). The second-order valence-corrected chi connectivity index (χ2v) is 4.99. The molecule has 0 fully saturated rings. The lowest BCUT2D eigenvalue weighted by Crippen LogP contribution is -2.42. The lowest BCUT2D eigenvalue weighted by molar-refractivity contribution is 0.0733. The van der Waals surface area contributed by atoms with E-state index in [-0.39, 0.29) is 34.8 Å². The molecule has 0 unspecified atom stereocenters. The molecular weight excluding hydrogens is 248 g/mol. The smallest absolute Gasteiger partial charge is 0.258 e. The van der Waals surface area contributed by atoms with Crippen molar-refractivity contribution in [1.82, 2.24) is 4.90 Å². The van der Waals surface area contributed by atoms with Crippen molar-refractivity contribution in [2.75, 3.05) is 6.54 Å². The van der Waals surface area contributed by atoms with Crippen LogP contribution in [0, 0.1) is 6.92 Å². The topological polar surface area (TPSA) is 66.6 Å². The Balaban J connectivity index is 3.10.